The first kappa shape index (κ1) is 27.2. The Morgan fingerprint density at radius 1 is 1.18 bits per heavy atom. The minimum absolute atomic E-state index is 0.0729. The van der Waals surface area contributed by atoms with Crippen molar-refractivity contribution in [3.05, 3.63) is 88.1 Å². The molecule has 1 aliphatic carbocycles. The first-order valence-electron chi connectivity index (χ1n) is 15.4. The molecule has 2 aromatic heterocycles. The van der Waals surface area contributed by atoms with Crippen LogP contribution in [0.25, 0.3) is 11.0 Å². The van der Waals surface area contributed by atoms with Crippen LogP contribution >= 0.6 is 0 Å². The number of halogens is 1. The molecule has 10 heteroatoms. The van der Waals surface area contributed by atoms with Gasteiger partial charge in [0.1, 0.15) is 17.5 Å². The molecule has 1 N–H and O–H groups in total. The summed E-state index contributed by atoms with van der Waals surface area (Å²) in [5.74, 6) is 1.09. The van der Waals surface area contributed by atoms with E-state index in [9.17, 15) is 19.6 Å². The summed E-state index contributed by atoms with van der Waals surface area (Å²) in [5, 5.41) is 18.8. The molecule has 0 spiro atoms. The predicted octanol–water partition coefficient (Wildman–Crippen LogP) is 4.66. The summed E-state index contributed by atoms with van der Waals surface area (Å²) in [6.45, 7) is 5.22. The van der Waals surface area contributed by atoms with Crippen molar-refractivity contribution in [2.45, 2.75) is 56.8 Å². The third kappa shape index (κ3) is 4.62. The Hall–Kier alpha value is -4.33. The first-order valence-corrected chi connectivity index (χ1v) is 15.4. The summed E-state index contributed by atoms with van der Waals surface area (Å²) in [5.41, 5.74) is 5.07. The molecule has 3 aliphatic heterocycles. The molecule has 4 aliphatic rings. The second-order valence-corrected chi connectivity index (χ2v) is 12.7. The molecule has 0 amide bonds. The number of carbonyl (C=O) groups is 1. The number of aromatic nitrogens is 3. The fourth-order valence-corrected chi connectivity index (χ4v) is 7.49. The van der Waals surface area contributed by atoms with Gasteiger partial charge in [-0.05, 0) is 86.2 Å². The molecule has 0 radical (unpaired) electrons. The van der Waals surface area contributed by atoms with E-state index in [4.69, 9.17) is 14.7 Å². The highest BCUT2D eigenvalue weighted by Crippen LogP contribution is 2.59. The number of hydrogen-bond donors (Lipinski definition) is 1. The Morgan fingerprint density at radius 2 is 2.07 bits per heavy atom. The Morgan fingerprint density at radius 3 is 2.84 bits per heavy atom. The third-order valence-corrected chi connectivity index (χ3v) is 10.2. The molecule has 2 aromatic carbocycles. The first-order chi connectivity index (χ1) is 21.4. The van der Waals surface area contributed by atoms with Crippen molar-refractivity contribution >= 4 is 22.8 Å². The summed E-state index contributed by atoms with van der Waals surface area (Å²) in [4.78, 5) is 26.4. The molecule has 44 heavy (non-hydrogen) atoms. The Kier molecular flexibility index (Phi) is 6.43. The number of anilines is 1. The number of nitriles is 1. The van der Waals surface area contributed by atoms with E-state index >= 15 is 0 Å². The van der Waals surface area contributed by atoms with E-state index in [1.54, 1.807) is 18.2 Å². The van der Waals surface area contributed by atoms with Crippen molar-refractivity contribution in [3.63, 3.8) is 0 Å². The van der Waals surface area contributed by atoms with Crippen LogP contribution in [-0.2, 0) is 36.2 Å². The van der Waals surface area contributed by atoms with Gasteiger partial charge in [-0.3, -0.25) is 4.90 Å². The Balaban J connectivity index is 0.987. The van der Waals surface area contributed by atoms with E-state index in [-0.39, 0.29) is 22.9 Å². The maximum absolute atomic E-state index is 14.8. The maximum Gasteiger partial charge on any atom is 0.335 e. The molecule has 0 bridgehead atoms. The van der Waals surface area contributed by atoms with Crippen molar-refractivity contribution < 1.29 is 19.0 Å². The molecule has 4 aromatic rings. The number of likely N-dealkylation sites (tertiary alicyclic amines) is 1. The number of hydrogen-bond acceptors (Lipinski definition) is 7. The van der Waals surface area contributed by atoms with E-state index in [1.807, 2.05) is 12.1 Å². The normalized spacial score (nSPS) is 24.3. The van der Waals surface area contributed by atoms with Crippen LogP contribution in [0.4, 0.5) is 10.2 Å². The fraction of sp³-hybridized carbons (Fsp3) is 0.412. The predicted molar refractivity (Wildman–Crippen MR) is 161 cm³/mol. The van der Waals surface area contributed by atoms with Crippen molar-refractivity contribution in [2.24, 2.45) is 5.92 Å². The number of aromatic carboxylic acids is 1. The summed E-state index contributed by atoms with van der Waals surface area (Å²) in [6, 6.07) is 16.6. The fourth-order valence-electron chi connectivity index (χ4n) is 7.49. The number of carboxylic acid groups (broad SMARTS) is 1. The lowest BCUT2D eigenvalue weighted by Gasteiger charge is -2.33. The highest BCUT2D eigenvalue weighted by atomic mass is 19.1. The number of ether oxygens (including phenoxy) is 1. The Labute approximate surface area is 254 Å². The third-order valence-electron chi connectivity index (χ3n) is 10.2. The Bertz CT molecular complexity index is 1840. The molecule has 9 nitrogen and oxygen atoms in total. The van der Waals surface area contributed by atoms with E-state index in [0.717, 1.165) is 79.4 Å². The minimum Gasteiger partial charge on any atom is -0.478 e. The zero-order valence-corrected chi connectivity index (χ0v) is 24.4. The van der Waals surface area contributed by atoms with Crippen LogP contribution < -0.4 is 4.90 Å². The highest BCUT2D eigenvalue weighted by Gasteiger charge is 2.58. The zero-order valence-electron chi connectivity index (χ0n) is 24.4. The molecule has 3 fully saturated rings. The van der Waals surface area contributed by atoms with Gasteiger partial charge in [-0.1, -0.05) is 6.07 Å². The SMILES string of the molecule is N#Cc1cc(F)c2c(c1)CCN(c1cccc(C34CCN(Cc5nc6ccc(C(=O)O)cc6n5CC5CCO5)CC3C4)n1)C2. The van der Waals surface area contributed by atoms with Crippen molar-refractivity contribution in [1.29, 1.82) is 5.26 Å². The summed E-state index contributed by atoms with van der Waals surface area (Å²) < 4.78 is 22.7. The molecule has 3 atom stereocenters. The number of piperidine rings is 1. The van der Waals surface area contributed by atoms with Crippen LogP contribution in [0, 0.1) is 23.1 Å². The van der Waals surface area contributed by atoms with E-state index in [1.165, 1.54) is 6.07 Å². The van der Waals surface area contributed by atoms with Crippen molar-refractivity contribution in [3.8, 4) is 6.07 Å². The van der Waals surface area contributed by atoms with Gasteiger partial charge in [-0.2, -0.15) is 5.26 Å². The van der Waals surface area contributed by atoms with E-state index < -0.39 is 5.97 Å². The standard InChI is InChI=1S/C34H33FN6O3/c35-27-13-21(16-36)12-22-6-9-40(19-26(22)27)31-3-1-2-30(38-31)34-8-10-39(17-24(34)15-34)20-32-37-28-5-4-23(33(42)43)14-29(28)41(32)18-25-7-11-44-25/h1-5,12-14,24-25H,6-11,15,17-20H2,(H,42,43). The molecule has 2 saturated heterocycles. The second kappa shape index (κ2) is 10.4. The largest absolute Gasteiger partial charge is 0.478 e. The minimum atomic E-state index is -0.939. The highest BCUT2D eigenvalue weighted by molar-refractivity contribution is 5.92. The molecule has 1 saturated carbocycles. The van der Waals surface area contributed by atoms with Gasteiger partial charge in [0, 0.05) is 42.9 Å². The number of nitrogens with zero attached hydrogens (tertiary/aromatic N) is 6. The molecular weight excluding hydrogens is 559 g/mol. The van der Waals surface area contributed by atoms with Crippen molar-refractivity contribution in [2.75, 3.05) is 31.1 Å². The lowest BCUT2D eigenvalue weighted by molar-refractivity contribution is -0.0592. The number of benzene rings is 2. The number of pyridine rings is 1. The van der Waals surface area contributed by atoms with Gasteiger partial charge in [0.15, 0.2) is 0 Å². The zero-order chi connectivity index (χ0) is 30.0. The monoisotopic (exact) mass is 592 g/mol. The second-order valence-electron chi connectivity index (χ2n) is 12.7. The van der Waals surface area contributed by atoms with Crippen LogP contribution in [0.2, 0.25) is 0 Å². The average Bonchev–Trinajstić information content (AvgIpc) is 3.66. The number of rotatable bonds is 7. The number of fused-ring (bicyclic) bond motifs is 3. The lowest BCUT2D eigenvalue weighted by Crippen LogP contribution is -2.38. The lowest BCUT2D eigenvalue weighted by atomic mass is 9.91. The summed E-state index contributed by atoms with van der Waals surface area (Å²) in [7, 11) is 0. The van der Waals surface area contributed by atoms with Gasteiger partial charge in [0.05, 0.1) is 47.4 Å². The quantitative estimate of drug-likeness (QED) is 0.330. The van der Waals surface area contributed by atoms with Gasteiger partial charge in [0.2, 0.25) is 0 Å². The van der Waals surface area contributed by atoms with Gasteiger partial charge in [-0.25, -0.2) is 19.2 Å². The molecule has 224 valence electrons. The molecular formula is C34H33FN6O3. The number of imidazole rings is 1. The smallest absolute Gasteiger partial charge is 0.335 e. The van der Waals surface area contributed by atoms with Crippen molar-refractivity contribution in [1.82, 2.24) is 19.4 Å². The van der Waals surface area contributed by atoms with Gasteiger partial charge < -0.3 is 19.3 Å². The molecule has 8 rings (SSSR count). The average molecular weight is 593 g/mol. The van der Waals surface area contributed by atoms with Crippen LogP contribution in [0.3, 0.4) is 0 Å². The molecule has 5 heterocycles. The van der Waals surface area contributed by atoms with Gasteiger partial charge in [0.25, 0.3) is 0 Å². The molecule has 3 unspecified atom stereocenters. The summed E-state index contributed by atoms with van der Waals surface area (Å²) >= 11 is 0. The van der Waals surface area contributed by atoms with E-state index in [0.29, 0.717) is 43.1 Å². The number of carboxylic acids is 1. The van der Waals surface area contributed by atoms with Gasteiger partial charge >= 0.3 is 5.97 Å². The summed E-state index contributed by atoms with van der Waals surface area (Å²) in [6.07, 6.45) is 3.93. The van der Waals surface area contributed by atoms with Gasteiger partial charge in [-0.15, -0.1) is 0 Å². The topological polar surface area (TPSA) is 108 Å². The van der Waals surface area contributed by atoms with E-state index in [2.05, 4.69) is 32.6 Å². The van der Waals surface area contributed by atoms with Crippen LogP contribution in [0.15, 0.2) is 48.5 Å². The van der Waals surface area contributed by atoms with Crippen LogP contribution in [0.5, 0.6) is 0 Å². The van der Waals surface area contributed by atoms with Crippen LogP contribution in [-0.4, -0.2) is 62.9 Å². The van der Waals surface area contributed by atoms with Crippen LogP contribution in [0.1, 0.15) is 57.8 Å². The maximum atomic E-state index is 14.8.